The highest BCUT2D eigenvalue weighted by Crippen LogP contribution is 2.16. The second-order valence-electron chi connectivity index (χ2n) is 5.14. The molecular formula is C14H23NO2. The van der Waals surface area contributed by atoms with Crippen molar-refractivity contribution in [2.75, 3.05) is 18.9 Å². The molecule has 1 rings (SSSR count). The molecule has 0 atom stereocenters. The summed E-state index contributed by atoms with van der Waals surface area (Å²) >= 11 is 0. The van der Waals surface area contributed by atoms with Gasteiger partial charge in [-0.25, -0.2) is 0 Å². The monoisotopic (exact) mass is 237 g/mol. The SMILES string of the molecule is Cc1c(N)cccc1COCCOC(C)(C)C. The minimum Gasteiger partial charge on any atom is -0.399 e. The lowest BCUT2D eigenvalue weighted by atomic mass is 10.1. The summed E-state index contributed by atoms with van der Waals surface area (Å²) < 4.78 is 11.1. The molecule has 0 fully saturated rings. The van der Waals surface area contributed by atoms with Crippen LogP contribution in [0, 0.1) is 6.92 Å². The predicted octanol–water partition coefficient (Wildman–Crippen LogP) is 2.91. The van der Waals surface area contributed by atoms with Crippen LogP contribution in [0.5, 0.6) is 0 Å². The fourth-order valence-electron chi connectivity index (χ4n) is 1.45. The van der Waals surface area contributed by atoms with Crippen LogP contribution in [0.2, 0.25) is 0 Å². The van der Waals surface area contributed by atoms with Crippen molar-refractivity contribution in [3.05, 3.63) is 29.3 Å². The minimum absolute atomic E-state index is 0.101. The van der Waals surface area contributed by atoms with Crippen molar-refractivity contribution in [3.8, 4) is 0 Å². The van der Waals surface area contributed by atoms with Gasteiger partial charge in [0, 0.05) is 5.69 Å². The van der Waals surface area contributed by atoms with Crippen LogP contribution >= 0.6 is 0 Å². The van der Waals surface area contributed by atoms with E-state index in [4.69, 9.17) is 15.2 Å². The Morgan fingerprint density at radius 2 is 1.88 bits per heavy atom. The van der Waals surface area contributed by atoms with Crippen LogP contribution in [0.1, 0.15) is 31.9 Å². The van der Waals surface area contributed by atoms with E-state index in [-0.39, 0.29) is 5.60 Å². The van der Waals surface area contributed by atoms with Gasteiger partial charge in [-0.3, -0.25) is 0 Å². The number of hydrogen-bond acceptors (Lipinski definition) is 3. The van der Waals surface area contributed by atoms with E-state index in [2.05, 4.69) is 0 Å². The molecule has 0 spiro atoms. The molecular weight excluding hydrogens is 214 g/mol. The van der Waals surface area contributed by atoms with Crippen molar-refractivity contribution in [2.24, 2.45) is 0 Å². The lowest BCUT2D eigenvalue weighted by Gasteiger charge is -2.19. The summed E-state index contributed by atoms with van der Waals surface area (Å²) in [5, 5.41) is 0. The van der Waals surface area contributed by atoms with Gasteiger partial charge in [-0.2, -0.15) is 0 Å². The first-order valence-corrected chi connectivity index (χ1v) is 5.96. The Morgan fingerprint density at radius 3 is 2.53 bits per heavy atom. The number of nitrogen functional groups attached to an aromatic ring is 1. The van der Waals surface area contributed by atoms with Gasteiger partial charge in [0.1, 0.15) is 0 Å². The van der Waals surface area contributed by atoms with Crippen molar-refractivity contribution < 1.29 is 9.47 Å². The topological polar surface area (TPSA) is 44.5 Å². The number of anilines is 1. The average Bonchev–Trinajstić information content (AvgIpc) is 2.22. The van der Waals surface area contributed by atoms with Crippen LogP contribution in [-0.4, -0.2) is 18.8 Å². The molecule has 2 N–H and O–H groups in total. The van der Waals surface area contributed by atoms with Crippen molar-refractivity contribution in [2.45, 2.75) is 39.9 Å². The van der Waals surface area contributed by atoms with Crippen LogP contribution in [-0.2, 0) is 16.1 Å². The molecule has 0 unspecified atom stereocenters. The van der Waals surface area contributed by atoms with E-state index in [1.807, 2.05) is 45.9 Å². The van der Waals surface area contributed by atoms with Crippen LogP contribution in [0.3, 0.4) is 0 Å². The molecule has 0 amide bonds. The quantitative estimate of drug-likeness (QED) is 0.632. The maximum absolute atomic E-state index is 5.83. The Balaban J connectivity index is 2.29. The van der Waals surface area contributed by atoms with E-state index < -0.39 is 0 Å². The van der Waals surface area contributed by atoms with Crippen molar-refractivity contribution in [1.82, 2.24) is 0 Å². The zero-order valence-electron chi connectivity index (χ0n) is 11.2. The van der Waals surface area contributed by atoms with Gasteiger partial charge < -0.3 is 15.2 Å². The van der Waals surface area contributed by atoms with E-state index in [0.717, 1.165) is 16.8 Å². The summed E-state index contributed by atoms with van der Waals surface area (Å²) in [7, 11) is 0. The molecule has 0 heterocycles. The number of nitrogens with two attached hydrogens (primary N) is 1. The summed E-state index contributed by atoms with van der Waals surface area (Å²) in [6.07, 6.45) is 0. The van der Waals surface area contributed by atoms with Gasteiger partial charge in [-0.15, -0.1) is 0 Å². The summed E-state index contributed by atoms with van der Waals surface area (Å²) in [6, 6.07) is 5.89. The van der Waals surface area contributed by atoms with Crippen molar-refractivity contribution in [3.63, 3.8) is 0 Å². The molecule has 0 aromatic heterocycles. The molecule has 3 nitrogen and oxygen atoms in total. The van der Waals surface area contributed by atoms with Gasteiger partial charge in [0.2, 0.25) is 0 Å². The molecule has 96 valence electrons. The third-order valence-corrected chi connectivity index (χ3v) is 2.51. The third kappa shape index (κ3) is 5.20. The number of ether oxygens (including phenoxy) is 2. The summed E-state index contributed by atoms with van der Waals surface area (Å²) in [4.78, 5) is 0. The first-order valence-electron chi connectivity index (χ1n) is 5.96. The smallest absolute Gasteiger partial charge is 0.0721 e. The Kier molecular flexibility index (Phi) is 4.97. The Bertz CT molecular complexity index is 356. The van der Waals surface area contributed by atoms with Gasteiger partial charge in [-0.1, -0.05) is 12.1 Å². The summed E-state index contributed by atoms with van der Waals surface area (Å²) in [5.41, 5.74) is 8.78. The van der Waals surface area contributed by atoms with Crippen LogP contribution in [0.4, 0.5) is 5.69 Å². The molecule has 0 aliphatic carbocycles. The van der Waals surface area contributed by atoms with Crippen molar-refractivity contribution >= 4 is 5.69 Å². The first kappa shape index (κ1) is 14.0. The van der Waals surface area contributed by atoms with Gasteiger partial charge in [-0.05, 0) is 44.9 Å². The highest BCUT2D eigenvalue weighted by molar-refractivity contribution is 5.49. The summed E-state index contributed by atoms with van der Waals surface area (Å²) in [6.45, 7) is 9.93. The minimum atomic E-state index is -0.101. The van der Waals surface area contributed by atoms with Gasteiger partial charge in [0.25, 0.3) is 0 Å². The largest absolute Gasteiger partial charge is 0.399 e. The molecule has 17 heavy (non-hydrogen) atoms. The molecule has 0 saturated heterocycles. The summed E-state index contributed by atoms with van der Waals surface area (Å²) in [5.74, 6) is 0. The van der Waals surface area contributed by atoms with E-state index in [9.17, 15) is 0 Å². The van der Waals surface area contributed by atoms with Crippen LogP contribution in [0.25, 0.3) is 0 Å². The molecule has 0 aliphatic rings. The van der Waals surface area contributed by atoms with Crippen LogP contribution in [0.15, 0.2) is 18.2 Å². The standard InChI is InChI=1S/C14H23NO2/c1-11-12(6-5-7-13(11)15)10-16-8-9-17-14(2,3)4/h5-7H,8-10,15H2,1-4H3. The van der Waals surface area contributed by atoms with E-state index in [1.165, 1.54) is 0 Å². The molecule has 0 aliphatic heterocycles. The third-order valence-electron chi connectivity index (χ3n) is 2.51. The van der Waals surface area contributed by atoms with Gasteiger partial charge in [0.05, 0.1) is 25.4 Å². The number of hydrogen-bond donors (Lipinski definition) is 1. The Morgan fingerprint density at radius 1 is 1.18 bits per heavy atom. The molecule has 3 heteroatoms. The van der Waals surface area contributed by atoms with E-state index in [1.54, 1.807) is 0 Å². The second kappa shape index (κ2) is 6.03. The fourth-order valence-corrected chi connectivity index (χ4v) is 1.45. The molecule has 0 radical (unpaired) electrons. The molecule has 0 saturated carbocycles. The second-order valence-corrected chi connectivity index (χ2v) is 5.14. The number of rotatable bonds is 5. The van der Waals surface area contributed by atoms with E-state index in [0.29, 0.717) is 19.8 Å². The van der Waals surface area contributed by atoms with E-state index >= 15 is 0 Å². The maximum Gasteiger partial charge on any atom is 0.0721 e. The zero-order chi connectivity index (χ0) is 12.9. The zero-order valence-corrected chi connectivity index (χ0v) is 11.2. The molecule has 0 bridgehead atoms. The van der Waals surface area contributed by atoms with Crippen LogP contribution < -0.4 is 5.73 Å². The van der Waals surface area contributed by atoms with Gasteiger partial charge in [0.15, 0.2) is 0 Å². The molecule has 1 aromatic carbocycles. The lowest BCUT2D eigenvalue weighted by Crippen LogP contribution is -2.21. The highest BCUT2D eigenvalue weighted by atomic mass is 16.5. The maximum atomic E-state index is 5.83. The fraction of sp³-hybridized carbons (Fsp3) is 0.571. The van der Waals surface area contributed by atoms with Gasteiger partial charge >= 0.3 is 0 Å². The highest BCUT2D eigenvalue weighted by Gasteiger charge is 2.09. The Labute approximate surface area is 104 Å². The van der Waals surface area contributed by atoms with Crippen molar-refractivity contribution in [1.29, 1.82) is 0 Å². The predicted molar refractivity (Wildman–Crippen MR) is 71.0 cm³/mol. The first-order chi connectivity index (χ1) is 7.90. The Hall–Kier alpha value is -1.06. The normalized spacial score (nSPS) is 11.8. The molecule has 1 aromatic rings. The lowest BCUT2D eigenvalue weighted by molar-refractivity contribution is -0.0377. The number of benzene rings is 1. The average molecular weight is 237 g/mol.